The van der Waals surface area contributed by atoms with Crippen LogP contribution in [-0.4, -0.2) is 32.0 Å². The number of hydrogen-bond acceptors (Lipinski definition) is 5. The molecular formula is C19H23N5O4S2. The van der Waals surface area contributed by atoms with Crippen molar-refractivity contribution in [2.75, 3.05) is 11.9 Å². The fourth-order valence-corrected chi connectivity index (χ4v) is 3.41. The van der Waals surface area contributed by atoms with Gasteiger partial charge >= 0.3 is 0 Å². The molecule has 0 aliphatic rings. The van der Waals surface area contributed by atoms with E-state index < -0.39 is 21.9 Å². The van der Waals surface area contributed by atoms with Gasteiger partial charge in [0.25, 0.3) is 15.9 Å². The Morgan fingerprint density at radius 3 is 2.43 bits per heavy atom. The van der Waals surface area contributed by atoms with Crippen LogP contribution in [0.1, 0.15) is 30.1 Å². The summed E-state index contributed by atoms with van der Waals surface area (Å²) in [7, 11) is -3.98. The molecule has 2 rings (SSSR count). The van der Waals surface area contributed by atoms with E-state index in [-0.39, 0.29) is 10.0 Å². The van der Waals surface area contributed by atoms with Crippen LogP contribution in [-0.2, 0) is 10.0 Å². The number of benzene rings is 2. The lowest BCUT2D eigenvalue weighted by atomic mass is 10.2. The molecule has 0 heterocycles. The number of carbonyl (C=O) groups excluding carboxylic acids is 1. The summed E-state index contributed by atoms with van der Waals surface area (Å²) in [6.45, 7) is 2.56. The lowest BCUT2D eigenvalue weighted by Gasteiger charge is -2.13. The van der Waals surface area contributed by atoms with Crippen molar-refractivity contribution in [2.45, 2.75) is 24.7 Å². The van der Waals surface area contributed by atoms with Gasteiger partial charge in [0.15, 0.2) is 5.11 Å². The third-order valence-electron chi connectivity index (χ3n) is 3.75. The van der Waals surface area contributed by atoms with Crippen molar-refractivity contribution >= 4 is 44.9 Å². The Hall–Kier alpha value is -3.18. The second kappa shape index (κ2) is 10.6. The average Bonchev–Trinajstić information content (AvgIpc) is 2.68. The molecule has 11 heteroatoms. The molecule has 0 fully saturated rings. The number of carbonyl (C=O) groups is 1. The molecule has 0 unspecified atom stereocenters. The minimum absolute atomic E-state index is 0.0446. The van der Waals surface area contributed by atoms with Crippen LogP contribution in [0.15, 0.2) is 57.8 Å². The van der Waals surface area contributed by atoms with E-state index in [1.807, 2.05) is 0 Å². The van der Waals surface area contributed by atoms with E-state index in [1.165, 1.54) is 24.3 Å². The zero-order chi connectivity index (χ0) is 22.1. The van der Waals surface area contributed by atoms with Gasteiger partial charge in [-0.1, -0.05) is 25.5 Å². The molecule has 0 bridgehead atoms. The van der Waals surface area contributed by atoms with Crippen molar-refractivity contribution in [2.24, 2.45) is 15.9 Å². The van der Waals surface area contributed by atoms with Gasteiger partial charge in [-0.05, 0) is 55.0 Å². The van der Waals surface area contributed by atoms with Crippen molar-refractivity contribution < 1.29 is 17.9 Å². The Kier molecular flexibility index (Phi) is 8.13. The van der Waals surface area contributed by atoms with Gasteiger partial charge in [-0.2, -0.15) is 8.42 Å². The van der Waals surface area contributed by atoms with Crippen molar-refractivity contribution in [3.63, 3.8) is 0 Å². The van der Waals surface area contributed by atoms with Gasteiger partial charge in [-0.3, -0.25) is 10.1 Å². The third-order valence-corrected chi connectivity index (χ3v) is 5.27. The number of thiocarbonyl (C=S) groups is 1. The van der Waals surface area contributed by atoms with Gasteiger partial charge < -0.3 is 21.5 Å². The van der Waals surface area contributed by atoms with E-state index in [2.05, 4.69) is 22.0 Å². The Morgan fingerprint density at radius 1 is 1.13 bits per heavy atom. The van der Waals surface area contributed by atoms with E-state index in [1.54, 1.807) is 24.3 Å². The SMILES string of the molecule is CCCCOc1ccccc1C(=O)NC(=S)Nc1ccc(S(=O)(=O)N=C(N)N)cc1. The standard InChI is InChI=1S/C19H23N5O4S2/c1-2-3-12-28-16-7-5-4-6-15(16)17(25)23-19(29)22-13-8-10-14(11-9-13)30(26,27)24-18(20)21/h4-11H,2-3,12H2,1H3,(H4,20,21,24)(H2,22,23,25,29). The molecule has 1 amide bonds. The van der Waals surface area contributed by atoms with Crippen molar-refractivity contribution in [1.82, 2.24) is 5.32 Å². The summed E-state index contributed by atoms with van der Waals surface area (Å²) in [6.07, 6.45) is 1.86. The largest absolute Gasteiger partial charge is 0.493 e. The second-order valence-corrected chi connectivity index (χ2v) is 8.13. The first-order valence-corrected chi connectivity index (χ1v) is 10.9. The first-order chi connectivity index (χ1) is 14.2. The minimum Gasteiger partial charge on any atom is -0.493 e. The maximum atomic E-state index is 12.6. The fourth-order valence-electron chi connectivity index (χ4n) is 2.34. The van der Waals surface area contributed by atoms with Crippen LogP contribution in [0.4, 0.5) is 5.69 Å². The third kappa shape index (κ3) is 6.71. The number of guanidine groups is 1. The first-order valence-electron chi connectivity index (χ1n) is 9.03. The Labute approximate surface area is 180 Å². The minimum atomic E-state index is -3.98. The molecule has 2 aromatic rings. The lowest BCUT2D eigenvalue weighted by Crippen LogP contribution is -2.34. The second-order valence-electron chi connectivity index (χ2n) is 6.12. The smallest absolute Gasteiger partial charge is 0.285 e. The summed E-state index contributed by atoms with van der Waals surface area (Å²) in [5.74, 6) is -0.507. The van der Waals surface area contributed by atoms with E-state index in [4.69, 9.17) is 28.4 Å². The molecule has 0 saturated heterocycles. The van der Waals surface area contributed by atoms with Crippen LogP contribution in [0.25, 0.3) is 0 Å². The number of rotatable bonds is 8. The molecule has 0 aliphatic heterocycles. The van der Waals surface area contributed by atoms with Gasteiger partial charge in [0.2, 0.25) is 5.96 Å². The highest BCUT2D eigenvalue weighted by molar-refractivity contribution is 7.90. The predicted molar refractivity (Wildman–Crippen MR) is 120 cm³/mol. The number of amides is 1. The number of ether oxygens (including phenoxy) is 1. The Morgan fingerprint density at radius 2 is 1.80 bits per heavy atom. The molecule has 0 aromatic heterocycles. The van der Waals surface area contributed by atoms with Crippen molar-refractivity contribution in [3.8, 4) is 5.75 Å². The van der Waals surface area contributed by atoms with Crippen LogP contribution in [0, 0.1) is 0 Å². The van der Waals surface area contributed by atoms with E-state index in [9.17, 15) is 13.2 Å². The van der Waals surface area contributed by atoms with Gasteiger partial charge in [0, 0.05) is 5.69 Å². The Bertz CT molecular complexity index is 1030. The van der Waals surface area contributed by atoms with Crippen LogP contribution < -0.4 is 26.8 Å². The Balaban J connectivity index is 2.03. The highest BCUT2D eigenvalue weighted by Gasteiger charge is 2.15. The van der Waals surface area contributed by atoms with Gasteiger partial charge in [-0.25, -0.2) is 0 Å². The number of anilines is 1. The number of nitrogens with two attached hydrogens (primary N) is 2. The number of nitrogens with one attached hydrogen (secondary N) is 2. The normalized spacial score (nSPS) is 10.7. The van der Waals surface area contributed by atoms with Crippen molar-refractivity contribution in [1.29, 1.82) is 0 Å². The van der Waals surface area contributed by atoms with E-state index in [0.29, 0.717) is 23.6 Å². The maximum Gasteiger partial charge on any atom is 0.285 e. The summed E-state index contributed by atoms with van der Waals surface area (Å²) in [4.78, 5) is 12.5. The van der Waals surface area contributed by atoms with Crippen LogP contribution >= 0.6 is 12.2 Å². The van der Waals surface area contributed by atoms with Crippen LogP contribution in [0.3, 0.4) is 0 Å². The number of sulfonamides is 1. The first kappa shape index (κ1) is 23.1. The fraction of sp³-hybridized carbons (Fsp3) is 0.211. The summed E-state index contributed by atoms with van der Waals surface area (Å²) in [6, 6.07) is 12.4. The van der Waals surface area contributed by atoms with E-state index in [0.717, 1.165) is 12.8 Å². The molecular weight excluding hydrogens is 426 g/mol. The number of unbranched alkanes of at least 4 members (excludes halogenated alkanes) is 1. The quantitative estimate of drug-likeness (QED) is 0.207. The molecule has 30 heavy (non-hydrogen) atoms. The number of nitrogens with zero attached hydrogens (tertiary/aromatic N) is 1. The average molecular weight is 450 g/mol. The summed E-state index contributed by atoms with van der Waals surface area (Å²) < 4.78 is 32.8. The maximum absolute atomic E-state index is 12.6. The van der Waals surface area contributed by atoms with Gasteiger partial charge in [-0.15, -0.1) is 4.40 Å². The molecule has 0 aliphatic carbocycles. The molecule has 160 valence electrons. The summed E-state index contributed by atoms with van der Waals surface area (Å²) in [5.41, 5.74) is 11.1. The highest BCUT2D eigenvalue weighted by atomic mass is 32.2. The molecule has 0 saturated carbocycles. The topological polar surface area (TPSA) is 149 Å². The highest BCUT2D eigenvalue weighted by Crippen LogP contribution is 2.19. The predicted octanol–water partition coefficient (Wildman–Crippen LogP) is 1.95. The van der Waals surface area contributed by atoms with Gasteiger partial charge in [0.1, 0.15) is 5.75 Å². The zero-order valence-corrected chi connectivity index (χ0v) is 17.9. The number of para-hydroxylation sites is 1. The molecule has 0 spiro atoms. The zero-order valence-electron chi connectivity index (χ0n) is 16.3. The van der Waals surface area contributed by atoms with Gasteiger partial charge in [0.05, 0.1) is 17.1 Å². The molecule has 2 aromatic carbocycles. The number of hydrogen-bond donors (Lipinski definition) is 4. The molecule has 0 radical (unpaired) electrons. The molecule has 0 atom stereocenters. The summed E-state index contributed by atoms with van der Waals surface area (Å²) in [5, 5.41) is 5.43. The van der Waals surface area contributed by atoms with Crippen LogP contribution in [0.5, 0.6) is 5.75 Å². The summed E-state index contributed by atoms with van der Waals surface area (Å²) >= 11 is 5.17. The lowest BCUT2D eigenvalue weighted by molar-refractivity contribution is 0.0973. The van der Waals surface area contributed by atoms with Crippen molar-refractivity contribution in [3.05, 3.63) is 54.1 Å². The van der Waals surface area contributed by atoms with E-state index >= 15 is 0 Å². The molecule has 6 N–H and O–H groups in total. The molecule has 9 nitrogen and oxygen atoms in total. The monoisotopic (exact) mass is 449 g/mol. The van der Waals surface area contributed by atoms with Crippen LogP contribution in [0.2, 0.25) is 0 Å².